The SMILES string of the molecule is CC(C)(C)NC(=O)c1ccc(NC(=O)CNC(=O)C23CC4CC(CC(C4)C2)C3)cc1. The Morgan fingerprint density at radius 1 is 0.933 bits per heavy atom. The highest BCUT2D eigenvalue weighted by molar-refractivity contribution is 5.97. The zero-order valence-electron chi connectivity index (χ0n) is 18.2. The summed E-state index contributed by atoms with van der Waals surface area (Å²) in [5.74, 6) is 1.76. The molecule has 0 saturated heterocycles. The van der Waals surface area contributed by atoms with Gasteiger partial charge >= 0.3 is 0 Å². The number of hydrogen-bond acceptors (Lipinski definition) is 3. The third-order valence-electron chi connectivity index (χ3n) is 6.85. The fourth-order valence-corrected chi connectivity index (χ4v) is 6.06. The zero-order chi connectivity index (χ0) is 21.5. The third-order valence-corrected chi connectivity index (χ3v) is 6.85. The van der Waals surface area contributed by atoms with Gasteiger partial charge in [-0.05, 0) is 101 Å². The van der Waals surface area contributed by atoms with Crippen LogP contribution in [0.15, 0.2) is 24.3 Å². The van der Waals surface area contributed by atoms with Crippen molar-refractivity contribution in [2.24, 2.45) is 23.2 Å². The first-order valence-corrected chi connectivity index (χ1v) is 11.1. The number of benzene rings is 1. The Kier molecular flexibility index (Phi) is 5.37. The van der Waals surface area contributed by atoms with Gasteiger partial charge in [-0.15, -0.1) is 0 Å². The fraction of sp³-hybridized carbons (Fsp3) is 0.625. The lowest BCUT2D eigenvalue weighted by Gasteiger charge is -2.55. The molecule has 1 aromatic carbocycles. The maximum Gasteiger partial charge on any atom is 0.251 e. The van der Waals surface area contributed by atoms with Gasteiger partial charge in [-0.25, -0.2) is 0 Å². The van der Waals surface area contributed by atoms with Gasteiger partial charge in [0.05, 0.1) is 6.54 Å². The quantitative estimate of drug-likeness (QED) is 0.693. The van der Waals surface area contributed by atoms with Crippen LogP contribution in [0.5, 0.6) is 0 Å². The Morgan fingerprint density at radius 2 is 1.47 bits per heavy atom. The highest BCUT2D eigenvalue weighted by Gasteiger charge is 2.54. The van der Waals surface area contributed by atoms with Gasteiger partial charge in [-0.1, -0.05) is 0 Å². The summed E-state index contributed by atoms with van der Waals surface area (Å²) in [6, 6.07) is 6.78. The molecule has 0 spiro atoms. The van der Waals surface area contributed by atoms with E-state index in [4.69, 9.17) is 0 Å². The summed E-state index contributed by atoms with van der Waals surface area (Å²) in [4.78, 5) is 37.5. The topological polar surface area (TPSA) is 87.3 Å². The number of amides is 3. The van der Waals surface area contributed by atoms with Crippen molar-refractivity contribution in [2.75, 3.05) is 11.9 Å². The van der Waals surface area contributed by atoms with Crippen molar-refractivity contribution < 1.29 is 14.4 Å². The van der Waals surface area contributed by atoms with Gasteiger partial charge in [0.1, 0.15) is 0 Å². The van der Waals surface area contributed by atoms with Crippen molar-refractivity contribution >= 4 is 23.4 Å². The van der Waals surface area contributed by atoms with E-state index in [-0.39, 0.29) is 35.2 Å². The van der Waals surface area contributed by atoms with Crippen LogP contribution in [-0.2, 0) is 9.59 Å². The second-order valence-electron chi connectivity index (χ2n) is 10.7. The normalized spacial score (nSPS) is 29.4. The molecular formula is C24H33N3O3. The Balaban J connectivity index is 1.28. The van der Waals surface area contributed by atoms with Crippen LogP contribution in [0.3, 0.4) is 0 Å². The average molecular weight is 412 g/mol. The predicted molar refractivity (Wildman–Crippen MR) is 116 cm³/mol. The highest BCUT2D eigenvalue weighted by Crippen LogP contribution is 2.60. The van der Waals surface area contributed by atoms with E-state index in [1.807, 2.05) is 20.8 Å². The molecule has 3 N–H and O–H groups in total. The molecule has 0 atom stereocenters. The minimum absolute atomic E-state index is 0.0210. The molecule has 0 radical (unpaired) electrons. The molecule has 3 amide bonds. The predicted octanol–water partition coefficient (Wildman–Crippen LogP) is 3.49. The van der Waals surface area contributed by atoms with E-state index in [0.717, 1.165) is 19.3 Å². The maximum atomic E-state index is 13.0. The van der Waals surface area contributed by atoms with Gasteiger partial charge < -0.3 is 16.0 Å². The van der Waals surface area contributed by atoms with Gasteiger partial charge in [0.15, 0.2) is 0 Å². The summed E-state index contributed by atoms with van der Waals surface area (Å²) in [6.07, 6.45) is 6.84. The van der Waals surface area contributed by atoms with Crippen LogP contribution >= 0.6 is 0 Å². The van der Waals surface area contributed by atoms with Crippen LogP contribution in [0, 0.1) is 23.2 Å². The molecule has 6 nitrogen and oxygen atoms in total. The molecule has 6 heteroatoms. The van der Waals surface area contributed by atoms with E-state index in [2.05, 4.69) is 16.0 Å². The van der Waals surface area contributed by atoms with Gasteiger partial charge in [0.25, 0.3) is 5.91 Å². The molecule has 0 heterocycles. The number of carbonyl (C=O) groups is 3. The van der Waals surface area contributed by atoms with Gasteiger partial charge in [0.2, 0.25) is 11.8 Å². The van der Waals surface area contributed by atoms with Crippen LogP contribution in [0.2, 0.25) is 0 Å². The molecule has 4 aliphatic rings. The molecule has 162 valence electrons. The standard InChI is InChI=1S/C24H33N3O3/c1-23(2,3)27-21(29)18-4-6-19(7-5-18)26-20(28)14-25-22(30)24-11-15-8-16(12-24)10-17(9-15)13-24/h4-7,15-17H,8-14H2,1-3H3,(H,25,30)(H,26,28)(H,27,29). The van der Waals surface area contributed by atoms with E-state index in [1.54, 1.807) is 24.3 Å². The van der Waals surface area contributed by atoms with E-state index in [9.17, 15) is 14.4 Å². The van der Waals surface area contributed by atoms with Crippen LogP contribution in [0.1, 0.15) is 69.7 Å². The van der Waals surface area contributed by atoms with Gasteiger partial charge in [0, 0.05) is 22.2 Å². The summed E-state index contributed by atoms with van der Waals surface area (Å²) in [6.45, 7) is 5.76. The molecular weight excluding hydrogens is 378 g/mol. The molecule has 0 aliphatic heterocycles. The lowest BCUT2D eigenvalue weighted by atomic mass is 9.49. The summed E-state index contributed by atoms with van der Waals surface area (Å²) in [5, 5.41) is 8.61. The second-order valence-corrected chi connectivity index (χ2v) is 10.7. The van der Waals surface area contributed by atoms with E-state index in [1.165, 1.54) is 19.3 Å². The molecule has 4 fully saturated rings. The molecule has 0 aromatic heterocycles. The van der Waals surface area contributed by atoms with Crippen molar-refractivity contribution in [1.29, 1.82) is 0 Å². The fourth-order valence-electron chi connectivity index (χ4n) is 6.06. The monoisotopic (exact) mass is 411 g/mol. The van der Waals surface area contributed by atoms with Gasteiger partial charge in [-0.2, -0.15) is 0 Å². The van der Waals surface area contributed by atoms with Crippen LogP contribution in [0.4, 0.5) is 5.69 Å². The van der Waals surface area contributed by atoms with Gasteiger partial charge in [-0.3, -0.25) is 14.4 Å². The molecule has 4 saturated carbocycles. The van der Waals surface area contributed by atoms with Crippen LogP contribution in [0.25, 0.3) is 0 Å². The molecule has 4 aliphatic carbocycles. The van der Waals surface area contributed by atoms with Crippen molar-refractivity contribution in [3.63, 3.8) is 0 Å². The Morgan fingerprint density at radius 3 is 1.97 bits per heavy atom. The molecule has 0 unspecified atom stereocenters. The van der Waals surface area contributed by atoms with Crippen molar-refractivity contribution in [3.8, 4) is 0 Å². The first-order chi connectivity index (χ1) is 14.1. The Bertz CT molecular complexity index is 803. The highest BCUT2D eigenvalue weighted by atomic mass is 16.2. The number of anilines is 1. The minimum Gasteiger partial charge on any atom is -0.347 e. The summed E-state index contributed by atoms with van der Waals surface area (Å²) in [7, 11) is 0. The number of rotatable bonds is 5. The largest absolute Gasteiger partial charge is 0.347 e. The molecule has 5 rings (SSSR count). The smallest absolute Gasteiger partial charge is 0.251 e. The second kappa shape index (κ2) is 7.71. The number of nitrogens with one attached hydrogen (secondary N) is 3. The number of hydrogen-bond donors (Lipinski definition) is 3. The zero-order valence-corrected chi connectivity index (χ0v) is 18.2. The summed E-state index contributed by atoms with van der Waals surface area (Å²) < 4.78 is 0. The molecule has 30 heavy (non-hydrogen) atoms. The van der Waals surface area contributed by atoms with Crippen molar-refractivity contribution in [2.45, 2.75) is 64.8 Å². The summed E-state index contributed by atoms with van der Waals surface area (Å²) >= 11 is 0. The van der Waals surface area contributed by atoms with Crippen molar-refractivity contribution in [1.82, 2.24) is 10.6 Å². The Labute approximate surface area is 178 Å². The lowest BCUT2D eigenvalue weighted by molar-refractivity contribution is -0.146. The van der Waals surface area contributed by atoms with Crippen molar-refractivity contribution in [3.05, 3.63) is 29.8 Å². The maximum absolute atomic E-state index is 13.0. The first-order valence-electron chi connectivity index (χ1n) is 11.1. The van der Waals surface area contributed by atoms with E-state index >= 15 is 0 Å². The Hall–Kier alpha value is -2.37. The number of carbonyl (C=O) groups excluding carboxylic acids is 3. The molecule has 4 bridgehead atoms. The van der Waals surface area contributed by atoms with Crippen LogP contribution < -0.4 is 16.0 Å². The van der Waals surface area contributed by atoms with Crippen LogP contribution in [-0.4, -0.2) is 29.8 Å². The van der Waals surface area contributed by atoms with E-state index < -0.39 is 0 Å². The molecule has 1 aromatic rings. The average Bonchev–Trinajstić information content (AvgIpc) is 2.64. The summed E-state index contributed by atoms with van der Waals surface area (Å²) in [5.41, 5.74) is 0.602. The lowest BCUT2D eigenvalue weighted by Crippen LogP contribution is -2.54. The minimum atomic E-state index is -0.307. The first kappa shape index (κ1) is 20.9. The van der Waals surface area contributed by atoms with E-state index in [0.29, 0.717) is 29.0 Å². The third kappa shape index (κ3) is 4.52.